The van der Waals surface area contributed by atoms with E-state index in [1.807, 2.05) is 14.7 Å². The van der Waals surface area contributed by atoms with Crippen molar-refractivity contribution < 1.29 is 18.0 Å². The summed E-state index contributed by atoms with van der Waals surface area (Å²) in [6.45, 7) is 1.56. The van der Waals surface area contributed by atoms with Crippen LogP contribution < -0.4 is 0 Å². The number of allylic oxidation sites excluding steroid dienone is 8. The maximum absolute atomic E-state index is 12.7. The van der Waals surface area contributed by atoms with E-state index in [0.717, 1.165) is 36.5 Å². The average molecular weight is 469 g/mol. The van der Waals surface area contributed by atoms with E-state index in [2.05, 4.69) is 28.9 Å². The van der Waals surface area contributed by atoms with E-state index in [4.69, 9.17) is 0 Å². The Kier molecular flexibility index (Phi) is 9.50. The van der Waals surface area contributed by atoms with Crippen LogP contribution in [0.3, 0.4) is 0 Å². The van der Waals surface area contributed by atoms with Crippen molar-refractivity contribution in [2.75, 3.05) is 5.75 Å². The molecule has 0 amide bonds. The third-order valence-electron chi connectivity index (χ3n) is 3.07. The molecule has 0 atom stereocenters. The largest absolute Gasteiger partial charge is 0.416 e. The van der Waals surface area contributed by atoms with Gasteiger partial charge in [-0.25, -0.2) is 0 Å². The molecule has 24 heavy (non-hydrogen) atoms. The monoisotopic (exact) mass is 469 g/mol. The number of hydrogen-bond donors (Lipinski definition) is 0. The second kappa shape index (κ2) is 10.8. The molecule has 1 aliphatic rings. The van der Waals surface area contributed by atoms with Crippen molar-refractivity contribution in [3.05, 3.63) is 59.4 Å². The molecule has 7 heteroatoms. The van der Waals surface area contributed by atoms with Gasteiger partial charge in [-0.05, 0) is 49.8 Å². The minimum Gasteiger partial charge on any atom is -0.298 e. The van der Waals surface area contributed by atoms with Crippen molar-refractivity contribution in [1.29, 1.82) is 0 Å². The lowest BCUT2D eigenvalue weighted by Gasteiger charge is -2.18. The summed E-state index contributed by atoms with van der Waals surface area (Å²) in [4.78, 5) is 10.8. The normalized spacial score (nSPS) is 16.5. The van der Waals surface area contributed by atoms with Crippen LogP contribution in [0, 0.1) is 0 Å². The van der Waals surface area contributed by atoms with Crippen LogP contribution in [0.4, 0.5) is 13.2 Å². The number of carbonyl (C=O) groups is 1. The average Bonchev–Trinajstić information content (AvgIpc) is 2.55. The van der Waals surface area contributed by atoms with Crippen LogP contribution in [-0.2, 0) is 4.79 Å². The zero-order valence-electron chi connectivity index (χ0n) is 13.2. The third-order valence-corrected chi connectivity index (χ3v) is 5.24. The first-order chi connectivity index (χ1) is 11.4. The molecule has 132 valence electrons. The highest BCUT2D eigenvalue weighted by Gasteiger charge is 2.30. The van der Waals surface area contributed by atoms with Crippen LogP contribution in [0.1, 0.15) is 26.2 Å². The zero-order valence-corrected chi connectivity index (χ0v) is 16.2. The molecule has 0 bridgehead atoms. The molecule has 1 rings (SSSR count). The summed E-state index contributed by atoms with van der Waals surface area (Å²) < 4.78 is 39.9. The van der Waals surface area contributed by atoms with E-state index in [1.165, 1.54) is 24.1 Å². The van der Waals surface area contributed by atoms with Crippen LogP contribution in [-0.4, -0.2) is 20.7 Å². The van der Waals surface area contributed by atoms with Crippen LogP contribution in [0.25, 0.3) is 0 Å². The summed E-state index contributed by atoms with van der Waals surface area (Å²) in [6.07, 6.45) is 9.49. The molecule has 0 spiro atoms. The summed E-state index contributed by atoms with van der Waals surface area (Å²) >= 11 is 3.66. The molecule has 2 nitrogen and oxygen atoms in total. The molecule has 0 aliphatic heterocycles. The SMILES string of the molecule is C/C=C\C(=C/C/C=C/CSN(I)C1=CCCC(C=O)=C1)C(F)(F)F. The minimum atomic E-state index is -4.32. The van der Waals surface area contributed by atoms with Gasteiger partial charge in [-0.3, -0.25) is 7.31 Å². The molecular weight excluding hydrogens is 450 g/mol. The summed E-state index contributed by atoms with van der Waals surface area (Å²) in [5.74, 6) is 0.642. The smallest absolute Gasteiger partial charge is 0.298 e. The number of rotatable bonds is 8. The molecule has 0 aromatic carbocycles. The van der Waals surface area contributed by atoms with Gasteiger partial charge in [0.15, 0.2) is 0 Å². The highest BCUT2D eigenvalue weighted by molar-refractivity contribution is 14.1. The zero-order chi connectivity index (χ0) is 18.0. The van der Waals surface area contributed by atoms with Crippen molar-refractivity contribution in [2.45, 2.75) is 32.4 Å². The van der Waals surface area contributed by atoms with Gasteiger partial charge in [0.25, 0.3) is 0 Å². The fourth-order valence-electron chi connectivity index (χ4n) is 1.92. The fourth-order valence-corrected chi connectivity index (χ4v) is 3.37. The molecule has 0 aromatic rings. The first kappa shape index (κ1) is 21.1. The van der Waals surface area contributed by atoms with E-state index >= 15 is 0 Å². The van der Waals surface area contributed by atoms with E-state index in [0.29, 0.717) is 5.75 Å². The summed E-state index contributed by atoms with van der Waals surface area (Å²) in [5, 5.41) is 0. The van der Waals surface area contributed by atoms with Gasteiger partial charge in [0.2, 0.25) is 0 Å². The summed E-state index contributed by atoms with van der Waals surface area (Å²) in [5.41, 5.74) is 1.12. The Morgan fingerprint density at radius 1 is 1.42 bits per heavy atom. The Morgan fingerprint density at radius 3 is 2.79 bits per heavy atom. The number of alkyl halides is 3. The Balaban J connectivity index is 2.44. The van der Waals surface area contributed by atoms with Crippen LogP contribution in [0.5, 0.6) is 0 Å². The molecule has 0 unspecified atom stereocenters. The van der Waals surface area contributed by atoms with Crippen LogP contribution in [0.2, 0.25) is 0 Å². The van der Waals surface area contributed by atoms with Crippen molar-refractivity contribution in [1.82, 2.24) is 2.52 Å². The topological polar surface area (TPSA) is 20.3 Å². The maximum atomic E-state index is 12.7. The number of hydrogen-bond acceptors (Lipinski definition) is 3. The molecule has 0 saturated heterocycles. The molecule has 0 radical (unpaired) electrons. The Morgan fingerprint density at radius 2 is 2.17 bits per heavy atom. The highest BCUT2D eigenvalue weighted by Crippen LogP contribution is 2.29. The molecule has 0 heterocycles. The standard InChI is InChI=1S/C17H19F3INOS/c1-2-7-15(17(18,19)20)9-4-3-5-11-24-22(21)16-10-6-8-14(12-16)13-23/h2-3,5,7,9-10,12-13H,4,6,8,11H2,1H3/b5-3+,7-2-,15-9+. The quantitative estimate of drug-likeness (QED) is 0.107. The molecule has 0 N–H and O–H groups in total. The van der Waals surface area contributed by atoms with Crippen LogP contribution >= 0.6 is 34.8 Å². The van der Waals surface area contributed by atoms with Gasteiger partial charge in [0.05, 0.1) is 34.1 Å². The van der Waals surface area contributed by atoms with E-state index in [1.54, 1.807) is 13.0 Å². The molecule has 0 saturated carbocycles. The van der Waals surface area contributed by atoms with Gasteiger partial charge in [0.1, 0.15) is 6.29 Å². The first-order valence-corrected chi connectivity index (χ1v) is 9.29. The van der Waals surface area contributed by atoms with Crippen molar-refractivity contribution in [3.8, 4) is 0 Å². The maximum Gasteiger partial charge on any atom is 0.416 e. The summed E-state index contributed by atoms with van der Waals surface area (Å²) in [6, 6.07) is 0. The molecule has 0 fully saturated rings. The lowest BCUT2D eigenvalue weighted by molar-refractivity contribution is -0.105. The molecular formula is C17H19F3INOS. The third kappa shape index (κ3) is 7.74. The number of carbonyl (C=O) groups excluding carboxylic acids is 1. The second-order valence-electron chi connectivity index (χ2n) is 4.91. The second-order valence-corrected chi connectivity index (χ2v) is 7.49. The number of nitrogens with zero attached hydrogens (tertiary/aromatic N) is 1. The molecule has 1 aliphatic carbocycles. The first-order valence-electron chi connectivity index (χ1n) is 7.38. The van der Waals surface area contributed by atoms with E-state index in [-0.39, 0.29) is 6.42 Å². The highest BCUT2D eigenvalue weighted by atomic mass is 127. The van der Waals surface area contributed by atoms with Gasteiger partial charge in [0, 0.05) is 5.75 Å². The van der Waals surface area contributed by atoms with Crippen LogP contribution in [0.15, 0.2) is 59.4 Å². The lowest BCUT2D eigenvalue weighted by Crippen LogP contribution is -2.09. The predicted octanol–water partition coefficient (Wildman–Crippen LogP) is 6.10. The van der Waals surface area contributed by atoms with Crippen molar-refractivity contribution in [3.63, 3.8) is 0 Å². The number of halogens is 4. The fraction of sp³-hybridized carbons (Fsp3) is 0.353. The Labute approximate surface area is 158 Å². The molecule has 0 aromatic heterocycles. The van der Waals surface area contributed by atoms with Crippen molar-refractivity contribution >= 4 is 41.1 Å². The Bertz CT molecular complexity index is 577. The summed E-state index contributed by atoms with van der Waals surface area (Å²) in [7, 11) is 0. The van der Waals surface area contributed by atoms with Crippen molar-refractivity contribution in [2.24, 2.45) is 0 Å². The minimum absolute atomic E-state index is 0.235. The van der Waals surface area contributed by atoms with Gasteiger partial charge in [-0.15, -0.1) is 0 Å². The Hall–Kier alpha value is -0.960. The predicted molar refractivity (Wildman–Crippen MR) is 102 cm³/mol. The van der Waals surface area contributed by atoms with Gasteiger partial charge < -0.3 is 0 Å². The number of aldehydes is 1. The van der Waals surface area contributed by atoms with E-state index < -0.39 is 11.7 Å². The van der Waals surface area contributed by atoms with E-state index in [9.17, 15) is 18.0 Å². The lowest BCUT2D eigenvalue weighted by atomic mass is 10.1. The van der Waals surface area contributed by atoms with Gasteiger partial charge in [-0.1, -0.05) is 36.5 Å². The van der Waals surface area contributed by atoms with Gasteiger partial charge >= 0.3 is 6.18 Å². The van der Waals surface area contributed by atoms with Gasteiger partial charge in [-0.2, -0.15) is 13.2 Å².